The molecule has 1 amide bonds. The van der Waals surface area contributed by atoms with Crippen LogP contribution >= 0.6 is 11.8 Å². The number of amides is 1. The molecule has 110 valence electrons. The third kappa shape index (κ3) is 3.88. The highest BCUT2D eigenvalue weighted by Crippen LogP contribution is 2.34. The minimum Gasteiger partial charge on any atom is -0.338 e. The highest BCUT2D eigenvalue weighted by Gasteiger charge is 2.36. The number of thioether (sulfide) groups is 1. The number of carbonyl (C=O) groups excluding carboxylic acids is 1. The number of carbonyl (C=O) groups is 1. The van der Waals surface area contributed by atoms with Gasteiger partial charge in [0.25, 0.3) is 0 Å². The Morgan fingerprint density at radius 2 is 2.16 bits per heavy atom. The molecule has 19 heavy (non-hydrogen) atoms. The van der Waals surface area contributed by atoms with Crippen molar-refractivity contribution in [3.63, 3.8) is 0 Å². The first-order chi connectivity index (χ1) is 9.26. The summed E-state index contributed by atoms with van der Waals surface area (Å²) in [7, 11) is 0. The standard InChI is InChI=1S/C15H28N2OS/c1-3-9-16-14-6-5-10-17(15(14)18)12-7-8-13(11-12)19-4-2/h12-14,16H,3-11H2,1-2H3. The second kappa shape index (κ2) is 7.53. The molecular weight excluding hydrogens is 256 g/mol. The van der Waals surface area contributed by atoms with Gasteiger partial charge in [-0.1, -0.05) is 13.8 Å². The molecule has 2 aliphatic rings. The van der Waals surface area contributed by atoms with Gasteiger partial charge in [0.15, 0.2) is 0 Å². The van der Waals surface area contributed by atoms with Gasteiger partial charge in [-0.3, -0.25) is 4.79 Å². The zero-order valence-corrected chi connectivity index (χ0v) is 13.2. The first-order valence-electron chi connectivity index (χ1n) is 7.91. The molecule has 0 aromatic rings. The maximum absolute atomic E-state index is 12.5. The Morgan fingerprint density at radius 3 is 2.89 bits per heavy atom. The summed E-state index contributed by atoms with van der Waals surface area (Å²) >= 11 is 2.07. The second-order valence-electron chi connectivity index (χ2n) is 5.72. The van der Waals surface area contributed by atoms with Crippen LogP contribution in [-0.2, 0) is 4.79 Å². The molecule has 3 atom stereocenters. The van der Waals surface area contributed by atoms with Gasteiger partial charge in [0.2, 0.25) is 5.91 Å². The van der Waals surface area contributed by atoms with Crippen LogP contribution in [0.15, 0.2) is 0 Å². The van der Waals surface area contributed by atoms with E-state index in [0.29, 0.717) is 11.9 Å². The fourth-order valence-corrected chi connectivity index (χ4v) is 4.49. The maximum atomic E-state index is 12.5. The quantitative estimate of drug-likeness (QED) is 0.814. The lowest BCUT2D eigenvalue weighted by atomic mass is 10.0. The largest absolute Gasteiger partial charge is 0.338 e. The molecule has 1 aliphatic carbocycles. The summed E-state index contributed by atoms with van der Waals surface area (Å²) in [6, 6.07) is 0.606. The summed E-state index contributed by atoms with van der Waals surface area (Å²) in [6.07, 6.45) is 7.00. The molecule has 3 nitrogen and oxygen atoms in total. The molecule has 1 saturated carbocycles. The highest BCUT2D eigenvalue weighted by molar-refractivity contribution is 7.99. The number of nitrogens with one attached hydrogen (secondary N) is 1. The topological polar surface area (TPSA) is 32.3 Å². The van der Waals surface area contributed by atoms with Crippen molar-refractivity contribution in [3.8, 4) is 0 Å². The van der Waals surface area contributed by atoms with Gasteiger partial charge in [0, 0.05) is 17.8 Å². The van der Waals surface area contributed by atoms with Crippen LogP contribution in [0.5, 0.6) is 0 Å². The second-order valence-corrected chi connectivity index (χ2v) is 7.30. The molecule has 1 heterocycles. The predicted octanol–water partition coefficient (Wildman–Crippen LogP) is 2.65. The Hall–Kier alpha value is -0.220. The van der Waals surface area contributed by atoms with Crippen molar-refractivity contribution in [2.45, 2.75) is 69.7 Å². The van der Waals surface area contributed by atoms with Crippen LogP contribution in [0.2, 0.25) is 0 Å². The smallest absolute Gasteiger partial charge is 0.239 e. The van der Waals surface area contributed by atoms with Crippen molar-refractivity contribution in [1.29, 1.82) is 0 Å². The van der Waals surface area contributed by atoms with E-state index in [4.69, 9.17) is 0 Å². The molecule has 0 aromatic carbocycles. The van der Waals surface area contributed by atoms with E-state index >= 15 is 0 Å². The SMILES string of the molecule is CCCNC1CCCN(C2CCC(SCC)C2)C1=O. The minimum absolute atomic E-state index is 0.0894. The van der Waals surface area contributed by atoms with Gasteiger partial charge in [-0.15, -0.1) is 0 Å². The first-order valence-corrected chi connectivity index (χ1v) is 8.96. The number of piperidine rings is 1. The van der Waals surface area contributed by atoms with E-state index in [1.54, 1.807) is 0 Å². The molecular formula is C15H28N2OS. The Bertz CT molecular complexity index is 298. The van der Waals surface area contributed by atoms with Crippen LogP contribution in [0.3, 0.4) is 0 Å². The molecule has 1 saturated heterocycles. The third-order valence-electron chi connectivity index (χ3n) is 4.31. The van der Waals surface area contributed by atoms with E-state index in [9.17, 15) is 4.79 Å². The molecule has 0 spiro atoms. The molecule has 0 radical (unpaired) electrons. The normalized spacial score (nSPS) is 32.0. The molecule has 2 fully saturated rings. The molecule has 0 bridgehead atoms. The van der Waals surface area contributed by atoms with Crippen molar-refractivity contribution < 1.29 is 4.79 Å². The van der Waals surface area contributed by atoms with Gasteiger partial charge in [-0.2, -0.15) is 11.8 Å². The Balaban J connectivity index is 1.87. The lowest BCUT2D eigenvalue weighted by Crippen LogP contribution is -2.53. The number of hydrogen-bond donors (Lipinski definition) is 1. The van der Waals surface area contributed by atoms with E-state index in [1.807, 2.05) is 0 Å². The Labute approximate surface area is 121 Å². The molecule has 3 unspecified atom stereocenters. The fourth-order valence-electron chi connectivity index (χ4n) is 3.36. The summed E-state index contributed by atoms with van der Waals surface area (Å²) in [5, 5.41) is 4.20. The van der Waals surface area contributed by atoms with Crippen molar-refractivity contribution in [2.24, 2.45) is 0 Å². The summed E-state index contributed by atoms with van der Waals surface area (Å²) in [4.78, 5) is 14.7. The molecule has 2 rings (SSSR count). The maximum Gasteiger partial charge on any atom is 0.239 e. The van der Waals surface area contributed by atoms with Crippen molar-refractivity contribution >= 4 is 17.7 Å². The van der Waals surface area contributed by atoms with Gasteiger partial charge in [-0.25, -0.2) is 0 Å². The number of likely N-dealkylation sites (tertiary alicyclic amines) is 1. The average molecular weight is 284 g/mol. The van der Waals surface area contributed by atoms with Crippen molar-refractivity contribution in [3.05, 3.63) is 0 Å². The fraction of sp³-hybridized carbons (Fsp3) is 0.933. The summed E-state index contributed by atoms with van der Waals surface area (Å²) < 4.78 is 0. The van der Waals surface area contributed by atoms with Gasteiger partial charge in [0.05, 0.1) is 6.04 Å². The Morgan fingerprint density at radius 1 is 1.32 bits per heavy atom. The number of nitrogens with zero attached hydrogens (tertiary/aromatic N) is 1. The van der Waals surface area contributed by atoms with E-state index in [0.717, 1.165) is 37.6 Å². The number of hydrogen-bond acceptors (Lipinski definition) is 3. The lowest BCUT2D eigenvalue weighted by molar-refractivity contribution is -0.138. The van der Waals surface area contributed by atoms with E-state index in [2.05, 4.69) is 35.8 Å². The van der Waals surface area contributed by atoms with E-state index in [1.165, 1.54) is 25.0 Å². The predicted molar refractivity (Wildman–Crippen MR) is 82.6 cm³/mol. The lowest BCUT2D eigenvalue weighted by Gasteiger charge is -2.37. The number of rotatable bonds is 6. The summed E-state index contributed by atoms with van der Waals surface area (Å²) in [5.41, 5.74) is 0. The van der Waals surface area contributed by atoms with Gasteiger partial charge < -0.3 is 10.2 Å². The zero-order chi connectivity index (χ0) is 13.7. The van der Waals surface area contributed by atoms with E-state index < -0.39 is 0 Å². The molecule has 4 heteroatoms. The van der Waals surface area contributed by atoms with Crippen LogP contribution in [0.4, 0.5) is 0 Å². The third-order valence-corrected chi connectivity index (χ3v) is 5.55. The molecule has 1 aliphatic heterocycles. The van der Waals surface area contributed by atoms with Gasteiger partial charge in [-0.05, 0) is 50.8 Å². The van der Waals surface area contributed by atoms with Crippen molar-refractivity contribution in [1.82, 2.24) is 10.2 Å². The molecule has 1 N–H and O–H groups in total. The van der Waals surface area contributed by atoms with Crippen LogP contribution in [0, 0.1) is 0 Å². The van der Waals surface area contributed by atoms with Crippen molar-refractivity contribution in [2.75, 3.05) is 18.8 Å². The van der Waals surface area contributed by atoms with Crippen LogP contribution in [-0.4, -0.2) is 47.0 Å². The monoisotopic (exact) mass is 284 g/mol. The summed E-state index contributed by atoms with van der Waals surface area (Å²) in [5.74, 6) is 1.57. The van der Waals surface area contributed by atoms with E-state index in [-0.39, 0.29) is 6.04 Å². The first kappa shape index (κ1) is 15.2. The summed E-state index contributed by atoms with van der Waals surface area (Å²) in [6.45, 7) is 6.33. The molecule has 0 aromatic heterocycles. The van der Waals surface area contributed by atoms with Gasteiger partial charge >= 0.3 is 0 Å². The highest BCUT2D eigenvalue weighted by atomic mass is 32.2. The average Bonchev–Trinajstić information content (AvgIpc) is 2.86. The minimum atomic E-state index is 0.0894. The van der Waals surface area contributed by atoms with Gasteiger partial charge in [0.1, 0.15) is 0 Å². The zero-order valence-electron chi connectivity index (χ0n) is 12.4. The van der Waals surface area contributed by atoms with Crippen LogP contribution in [0.1, 0.15) is 52.4 Å². The van der Waals surface area contributed by atoms with Crippen LogP contribution in [0.25, 0.3) is 0 Å². The Kier molecular flexibility index (Phi) is 6.02. The van der Waals surface area contributed by atoms with Crippen LogP contribution < -0.4 is 5.32 Å².